The van der Waals surface area contributed by atoms with Crippen molar-refractivity contribution in [3.05, 3.63) is 170 Å². The Morgan fingerprint density at radius 2 is 1.32 bits per heavy atom. The number of nitrogens with one attached hydrogen (secondary N) is 3. The third-order valence-electron chi connectivity index (χ3n) is 9.69. The molecule has 3 amide bonds. The Hall–Kier alpha value is -6.31. The average Bonchev–Trinajstić information content (AvgIpc) is 4.12. The molecule has 1 atom stereocenters. The number of rotatable bonds is 23. The van der Waals surface area contributed by atoms with E-state index in [-0.39, 0.29) is 64.0 Å². The number of Topliss-reactive ketones (excluding diaryl/α,β-unsaturated/α-hetero) is 1. The molecule has 0 aliphatic carbocycles. The van der Waals surface area contributed by atoms with Gasteiger partial charge in [0.05, 0.1) is 17.1 Å². The zero-order chi connectivity index (χ0) is 49.8. The number of unbranched alkanes of at least 4 members (excludes halogenated alkanes) is 1. The van der Waals surface area contributed by atoms with Crippen molar-refractivity contribution in [2.75, 3.05) is 30.9 Å². The number of para-hydroxylation sites is 2. The molecule has 7 rings (SSSR count). The van der Waals surface area contributed by atoms with Crippen LogP contribution in [0.1, 0.15) is 49.7 Å². The summed E-state index contributed by atoms with van der Waals surface area (Å²) in [7, 11) is -0.437. The van der Waals surface area contributed by atoms with E-state index in [1.807, 2.05) is 116 Å². The summed E-state index contributed by atoms with van der Waals surface area (Å²) in [6, 6.07) is 37.2. The van der Waals surface area contributed by atoms with Gasteiger partial charge in [0.2, 0.25) is 17.7 Å². The molecule has 0 fully saturated rings. The SMILES string of the molecule is Cc1ccnc(-c2cc(CC(=O)CCCC(=O)NC(CS(C)(=O)=O)C(=O)NCCCCC(=O)NCCSSc3ccccn3)ccn2)c1.[Ir].[c-]1ccccc1-n1cccn1.[c-]1ccccc1-n1cccn1. The number of ketones is 1. The van der Waals surface area contributed by atoms with E-state index in [0.717, 1.165) is 45.2 Å². The maximum atomic E-state index is 12.8. The van der Waals surface area contributed by atoms with Crippen molar-refractivity contribution in [1.29, 1.82) is 0 Å². The van der Waals surface area contributed by atoms with E-state index >= 15 is 0 Å². The number of hydrogen-bond donors (Lipinski definition) is 3. The summed E-state index contributed by atoms with van der Waals surface area (Å²) in [5.74, 6) is -1.11. The van der Waals surface area contributed by atoms with Crippen LogP contribution in [0.4, 0.5) is 0 Å². The standard InChI is InChI=1S/C33H42N6O6S3.2C9H7N2.Ir/c1-24-12-16-34-27(20-24)28-22-25(13-17-35-28)21-26(40)8-7-10-31(42)39-29(23-48(2,44)45)33(43)38-15-5-3-9-30(41)36-18-19-46-47-32-11-4-6-14-37-32;2*1-2-5-9(6-3-1)11-8-4-7-10-11;/h4,6,11-14,16-17,20,22,29H,3,5,7-10,15,18-19,21,23H2,1-2H3,(H,36,41)(H,38,43)(H,39,42);2*1-5,7-8H;/q;2*-1;. The summed E-state index contributed by atoms with van der Waals surface area (Å²) in [6.45, 7) is 2.72. The first-order valence-electron chi connectivity index (χ1n) is 22.5. The second-order valence-electron chi connectivity index (χ2n) is 15.6. The molecule has 0 aliphatic rings. The number of sulfone groups is 1. The molecule has 0 saturated heterocycles. The van der Waals surface area contributed by atoms with Gasteiger partial charge in [-0.1, -0.05) is 16.9 Å². The summed E-state index contributed by atoms with van der Waals surface area (Å²) in [4.78, 5) is 63.0. The van der Waals surface area contributed by atoms with Gasteiger partial charge in [0.15, 0.2) is 0 Å². The number of carbonyl (C=O) groups excluding carboxylic acids is 4. The van der Waals surface area contributed by atoms with E-state index in [2.05, 4.69) is 53.2 Å². The molecule has 5 aromatic heterocycles. The molecule has 0 aliphatic heterocycles. The van der Waals surface area contributed by atoms with Crippen LogP contribution in [-0.4, -0.2) is 103 Å². The fourth-order valence-electron chi connectivity index (χ4n) is 6.35. The van der Waals surface area contributed by atoms with Crippen molar-refractivity contribution >= 4 is 54.9 Å². The van der Waals surface area contributed by atoms with Crippen LogP contribution in [0, 0.1) is 19.1 Å². The summed E-state index contributed by atoms with van der Waals surface area (Å²) >= 11 is 0. The fraction of sp³-hybridized carbons (Fsp3) is 0.275. The second kappa shape index (κ2) is 31.8. The first-order valence-corrected chi connectivity index (χ1v) is 26.8. The molecule has 16 nitrogen and oxygen atoms in total. The Morgan fingerprint density at radius 1 is 0.676 bits per heavy atom. The van der Waals surface area contributed by atoms with E-state index < -0.39 is 33.4 Å². The predicted molar refractivity (Wildman–Crippen MR) is 274 cm³/mol. The number of aromatic nitrogens is 7. The Bertz CT molecular complexity index is 2690. The molecule has 71 heavy (non-hydrogen) atoms. The van der Waals surface area contributed by atoms with Crippen LogP contribution in [0.3, 0.4) is 0 Å². The molecule has 1 radical (unpaired) electrons. The fourth-order valence-corrected chi connectivity index (χ4v) is 8.98. The van der Waals surface area contributed by atoms with Crippen molar-refractivity contribution in [2.24, 2.45) is 0 Å². The number of pyridine rings is 3. The van der Waals surface area contributed by atoms with Crippen molar-refractivity contribution < 1.29 is 47.7 Å². The van der Waals surface area contributed by atoms with Crippen LogP contribution in [0.25, 0.3) is 22.8 Å². The van der Waals surface area contributed by atoms with Gasteiger partial charge in [-0.25, -0.2) is 13.4 Å². The minimum absolute atomic E-state index is 0. The third kappa shape index (κ3) is 23.0. The normalized spacial score (nSPS) is 11.0. The molecular formula is C51H56IrN10O6S3-2. The van der Waals surface area contributed by atoms with Gasteiger partial charge < -0.3 is 16.0 Å². The van der Waals surface area contributed by atoms with Crippen LogP contribution >= 0.6 is 21.6 Å². The molecule has 0 saturated carbocycles. The second-order valence-corrected chi connectivity index (χ2v) is 20.2. The average molecular weight is 1190 g/mol. The van der Waals surface area contributed by atoms with Gasteiger partial charge in [0, 0.05) is 114 Å². The minimum atomic E-state index is -3.58. The van der Waals surface area contributed by atoms with E-state index in [9.17, 15) is 27.6 Å². The number of carbonyl (C=O) groups is 4. The van der Waals surface area contributed by atoms with Crippen molar-refractivity contribution in [3.8, 4) is 22.8 Å². The van der Waals surface area contributed by atoms with Gasteiger partial charge in [-0.2, -0.15) is 58.7 Å². The molecule has 7 aromatic rings. The van der Waals surface area contributed by atoms with Gasteiger partial charge in [0.1, 0.15) is 26.7 Å². The molecule has 2 aromatic carbocycles. The number of benzene rings is 2. The van der Waals surface area contributed by atoms with E-state index in [0.29, 0.717) is 31.5 Å². The Kier molecular flexibility index (Phi) is 25.7. The molecule has 5 heterocycles. The Balaban J connectivity index is 0.000000381. The summed E-state index contributed by atoms with van der Waals surface area (Å²) < 4.78 is 27.5. The van der Waals surface area contributed by atoms with Gasteiger partial charge >= 0.3 is 0 Å². The molecular weight excluding hydrogens is 1140 g/mol. The summed E-state index contributed by atoms with van der Waals surface area (Å²) in [5.41, 5.74) is 5.16. The van der Waals surface area contributed by atoms with Crippen LogP contribution in [0.2, 0.25) is 0 Å². The molecule has 20 heteroatoms. The van der Waals surface area contributed by atoms with E-state index in [1.165, 1.54) is 0 Å². The monoisotopic (exact) mass is 1190 g/mol. The van der Waals surface area contributed by atoms with Gasteiger partial charge in [-0.05, 0) is 108 Å². The van der Waals surface area contributed by atoms with Crippen LogP contribution in [0.5, 0.6) is 0 Å². The van der Waals surface area contributed by atoms with E-state index in [4.69, 9.17) is 0 Å². The number of amides is 3. The van der Waals surface area contributed by atoms with E-state index in [1.54, 1.807) is 68.0 Å². The quantitative estimate of drug-likeness (QED) is 0.0341. The number of aryl methyl sites for hydroxylation is 1. The minimum Gasteiger partial charge on any atom is -0.355 e. The van der Waals surface area contributed by atoms with Crippen molar-refractivity contribution in [1.82, 2.24) is 50.5 Å². The summed E-state index contributed by atoms with van der Waals surface area (Å²) in [5, 5.41) is 17.1. The molecule has 0 spiro atoms. The Labute approximate surface area is 436 Å². The van der Waals surface area contributed by atoms with Crippen LogP contribution < -0.4 is 16.0 Å². The van der Waals surface area contributed by atoms with Crippen LogP contribution in [0.15, 0.2) is 152 Å². The molecule has 375 valence electrons. The maximum absolute atomic E-state index is 12.8. The summed E-state index contributed by atoms with van der Waals surface area (Å²) in [6.07, 6.45) is 15.2. The molecule has 1 unspecified atom stereocenters. The van der Waals surface area contributed by atoms with Gasteiger partial charge in [-0.3, -0.25) is 38.5 Å². The largest absolute Gasteiger partial charge is 0.355 e. The van der Waals surface area contributed by atoms with Crippen LogP contribution in [-0.2, 0) is 55.5 Å². The predicted octanol–water partition coefficient (Wildman–Crippen LogP) is 6.84. The number of nitrogens with zero attached hydrogens (tertiary/aromatic N) is 7. The smallest absolute Gasteiger partial charge is 0.243 e. The first kappa shape index (κ1) is 57.3. The van der Waals surface area contributed by atoms with Gasteiger partial charge in [-0.15, -0.1) is 12.1 Å². The third-order valence-corrected chi connectivity index (χ3v) is 12.9. The first-order chi connectivity index (χ1) is 33.9. The van der Waals surface area contributed by atoms with Gasteiger partial charge in [0.25, 0.3) is 0 Å². The maximum Gasteiger partial charge on any atom is 0.243 e. The molecule has 0 bridgehead atoms. The number of hydrogen-bond acceptors (Lipinski definition) is 13. The Morgan fingerprint density at radius 3 is 1.92 bits per heavy atom. The molecule has 3 N–H and O–H groups in total. The zero-order valence-corrected chi connectivity index (χ0v) is 44.2. The van der Waals surface area contributed by atoms with Crippen molar-refractivity contribution in [3.63, 3.8) is 0 Å². The topological polar surface area (TPSA) is 213 Å². The zero-order valence-electron chi connectivity index (χ0n) is 39.3. The van der Waals surface area contributed by atoms with Crippen molar-refractivity contribution in [2.45, 2.75) is 62.9 Å².